The zero-order valence-electron chi connectivity index (χ0n) is 15.1. The molecule has 2 amide bonds. The van der Waals surface area contributed by atoms with E-state index in [0.29, 0.717) is 5.69 Å². The van der Waals surface area contributed by atoms with E-state index < -0.39 is 46.0 Å². The second-order valence-electron chi connectivity index (χ2n) is 6.78. The van der Waals surface area contributed by atoms with Crippen LogP contribution in [0.5, 0.6) is 0 Å². The summed E-state index contributed by atoms with van der Waals surface area (Å²) in [6.07, 6.45) is -1.53. The molecule has 3 rings (SSSR count). The van der Waals surface area contributed by atoms with Gasteiger partial charge in [0.2, 0.25) is 5.91 Å². The molecule has 134 valence electrons. The van der Waals surface area contributed by atoms with Gasteiger partial charge in [0, 0.05) is 17.5 Å². The maximum absolute atomic E-state index is 12.6. The third-order valence-electron chi connectivity index (χ3n) is 4.77. The zero-order valence-corrected chi connectivity index (χ0v) is 17.9. The van der Waals surface area contributed by atoms with Crippen molar-refractivity contribution in [2.45, 2.75) is 36.1 Å². The minimum Gasteiger partial charge on any atom is -0.548 e. The fraction of sp³-hybridized carbons (Fsp3) is 0.471. The number of thioether (sulfide) groups is 1. The van der Waals surface area contributed by atoms with Crippen LogP contribution in [0.1, 0.15) is 13.8 Å². The van der Waals surface area contributed by atoms with Gasteiger partial charge >= 0.3 is 29.6 Å². The molecule has 4 atom stereocenters. The largest absolute Gasteiger partial charge is 1.00 e. The predicted molar refractivity (Wildman–Crippen MR) is 90.4 cm³/mol. The number of amides is 2. The Morgan fingerprint density at radius 2 is 1.88 bits per heavy atom. The van der Waals surface area contributed by atoms with Crippen LogP contribution < -0.4 is 39.6 Å². The molecular formula is C17H19N2NaO5S. The molecule has 2 heterocycles. The van der Waals surface area contributed by atoms with Crippen molar-refractivity contribution in [2.75, 3.05) is 11.9 Å². The van der Waals surface area contributed by atoms with Gasteiger partial charge in [-0.2, -0.15) is 0 Å². The van der Waals surface area contributed by atoms with Gasteiger partial charge in [-0.25, -0.2) is 0 Å². The summed E-state index contributed by atoms with van der Waals surface area (Å²) in [5.74, 6) is -3.40. The summed E-state index contributed by atoms with van der Waals surface area (Å²) in [5, 5.41) is 21.3. The van der Waals surface area contributed by atoms with Crippen LogP contribution in [-0.4, -0.2) is 57.1 Å². The van der Waals surface area contributed by atoms with Crippen LogP contribution >= 0.6 is 11.8 Å². The number of aliphatic hydroxyl groups excluding tert-OH is 1. The van der Waals surface area contributed by atoms with E-state index in [4.69, 9.17) is 0 Å². The molecule has 2 aliphatic heterocycles. The van der Waals surface area contributed by atoms with Crippen LogP contribution in [0.2, 0.25) is 0 Å². The fourth-order valence-electron chi connectivity index (χ4n) is 3.44. The summed E-state index contributed by atoms with van der Waals surface area (Å²) in [5.41, 5.74) is 0.599. The number of β-lactam (4-membered cyclic amide) rings is 1. The number of fused-ring (bicyclic) bond motifs is 1. The number of nitrogens with zero attached hydrogens (tertiary/aromatic N) is 2. The third-order valence-corrected chi connectivity index (χ3v) is 6.37. The second-order valence-corrected chi connectivity index (χ2v) is 8.55. The van der Waals surface area contributed by atoms with E-state index in [1.807, 2.05) is 6.07 Å². The number of aliphatic carboxylic acids is 1. The Morgan fingerprint density at radius 3 is 2.42 bits per heavy atom. The van der Waals surface area contributed by atoms with Gasteiger partial charge in [-0.1, -0.05) is 18.2 Å². The molecule has 0 bridgehead atoms. The molecule has 26 heavy (non-hydrogen) atoms. The average molecular weight is 386 g/mol. The van der Waals surface area contributed by atoms with Crippen LogP contribution in [0.25, 0.3) is 0 Å². The van der Waals surface area contributed by atoms with Crippen molar-refractivity contribution >= 4 is 35.2 Å². The number of aliphatic hydroxyl groups is 1. The van der Waals surface area contributed by atoms with Crippen molar-refractivity contribution < 1.29 is 54.2 Å². The van der Waals surface area contributed by atoms with Crippen LogP contribution in [0.3, 0.4) is 0 Å². The molecule has 1 N–H and O–H groups in total. The van der Waals surface area contributed by atoms with Gasteiger partial charge < -0.3 is 24.8 Å². The van der Waals surface area contributed by atoms with E-state index in [1.165, 1.54) is 28.6 Å². The van der Waals surface area contributed by atoms with Crippen LogP contribution in [0, 0.1) is 5.92 Å². The molecule has 2 aliphatic rings. The van der Waals surface area contributed by atoms with E-state index in [2.05, 4.69) is 0 Å². The Labute approximate surface area is 178 Å². The number of carboxylic acid groups (broad SMARTS) is 1. The molecule has 0 radical (unpaired) electrons. The first-order valence-electron chi connectivity index (χ1n) is 7.88. The molecule has 0 spiro atoms. The molecular weight excluding hydrogens is 367 g/mol. The Hall–Kier alpha value is -1.06. The van der Waals surface area contributed by atoms with Gasteiger partial charge in [0.25, 0.3) is 5.91 Å². The molecule has 0 saturated carbocycles. The van der Waals surface area contributed by atoms with Gasteiger partial charge in [0.1, 0.15) is 12.0 Å². The first-order valence-corrected chi connectivity index (χ1v) is 8.76. The average Bonchev–Trinajstić information content (AvgIpc) is 2.82. The van der Waals surface area contributed by atoms with Crippen molar-refractivity contribution in [1.29, 1.82) is 0 Å². The number of carbonyl (C=O) groups excluding carboxylic acids is 3. The minimum atomic E-state index is -1.53. The topological polar surface area (TPSA) is 101 Å². The monoisotopic (exact) mass is 386 g/mol. The van der Waals surface area contributed by atoms with Crippen molar-refractivity contribution in [1.82, 2.24) is 4.90 Å². The summed E-state index contributed by atoms with van der Waals surface area (Å²) < 4.78 is -0.748. The molecule has 9 heteroatoms. The molecule has 1 aromatic rings. The van der Waals surface area contributed by atoms with E-state index >= 15 is 0 Å². The first kappa shape index (κ1) is 21.2. The van der Waals surface area contributed by atoms with Gasteiger partial charge in [-0.3, -0.25) is 9.59 Å². The summed E-state index contributed by atoms with van der Waals surface area (Å²) >= 11 is 1.27. The molecule has 0 unspecified atom stereocenters. The van der Waals surface area contributed by atoms with E-state index in [9.17, 15) is 24.6 Å². The number of hydrogen-bond acceptors (Lipinski definition) is 6. The Bertz CT molecular complexity index is 729. The molecule has 2 fully saturated rings. The fourth-order valence-corrected chi connectivity index (χ4v) is 5.16. The number of carbonyl (C=O) groups is 3. The number of para-hydroxylation sites is 1. The van der Waals surface area contributed by atoms with Crippen molar-refractivity contribution in [3.63, 3.8) is 0 Å². The van der Waals surface area contributed by atoms with Gasteiger partial charge in [-0.15, -0.1) is 11.8 Å². The summed E-state index contributed by atoms with van der Waals surface area (Å²) in [7, 11) is 1.53. The van der Waals surface area contributed by atoms with E-state index in [0.717, 1.165) is 0 Å². The number of benzene rings is 1. The van der Waals surface area contributed by atoms with E-state index in [-0.39, 0.29) is 29.6 Å². The van der Waals surface area contributed by atoms with Gasteiger partial charge in [0.05, 0.1) is 17.4 Å². The molecule has 7 nitrogen and oxygen atoms in total. The molecule has 1 aromatic carbocycles. The number of likely N-dealkylation sites (N-methyl/N-ethyl adjacent to an activating group) is 1. The standard InChI is InChI=1S/C17H20N2O5S.Na/c1-17(2)12(16(23)24)19-13(21)10(15(19)25-17)11(20)14(22)18(3)9-7-5-4-6-8-9;/h4-8,10-12,15,20H,1-3H3,(H,23,24);/q;+1/p-1/t10-,11+,12+,15-;/m1./s1. The van der Waals surface area contributed by atoms with Crippen molar-refractivity contribution in [2.24, 2.45) is 5.92 Å². The molecule has 0 aliphatic carbocycles. The minimum absolute atomic E-state index is 0. The molecule has 2 saturated heterocycles. The van der Waals surface area contributed by atoms with Crippen LogP contribution in [0.15, 0.2) is 30.3 Å². The van der Waals surface area contributed by atoms with Gasteiger partial charge in [-0.05, 0) is 26.0 Å². The number of anilines is 1. The third kappa shape index (κ3) is 3.29. The second kappa shape index (κ2) is 7.52. The number of rotatable bonds is 4. The Balaban J connectivity index is 0.00000243. The summed E-state index contributed by atoms with van der Waals surface area (Å²) in [6, 6.07) is 7.71. The van der Waals surface area contributed by atoms with Gasteiger partial charge in [0.15, 0.2) is 0 Å². The maximum Gasteiger partial charge on any atom is 1.00 e. The van der Waals surface area contributed by atoms with Crippen LogP contribution in [-0.2, 0) is 14.4 Å². The summed E-state index contributed by atoms with van der Waals surface area (Å²) in [4.78, 5) is 38.9. The number of hydrogen-bond donors (Lipinski definition) is 1. The zero-order chi connectivity index (χ0) is 18.5. The quantitative estimate of drug-likeness (QED) is 0.425. The first-order chi connectivity index (χ1) is 11.7. The summed E-state index contributed by atoms with van der Waals surface area (Å²) in [6.45, 7) is 3.43. The van der Waals surface area contributed by atoms with Crippen molar-refractivity contribution in [3.05, 3.63) is 30.3 Å². The van der Waals surface area contributed by atoms with E-state index in [1.54, 1.807) is 38.1 Å². The normalized spacial score (nSPS) is 27.0. The maximum atomic E-state index is 12.6. The van der Waals surface area contributed by atoms with Crippen LogP contribution in [0.4, 0.5) is 5.69 Å². The predicted octanol–water partition coefficient (Wildman–Crippen LogP) is -3.56. The SMILES string of the molecule is CN(C(=O)[C@@H](O)[C@@H]1C(=O)N2[C@@H]1SC(C)(C)[C@@H]2C(=O)[O-])c1ccccc1.[Na+]. The Morgan fingerprint density at radius 1 is 1.31 bits per heavy atom. The Kier molecular flexibility index (Phi) is 6.14. The number of carboxylic acids is 1. The molecule has 0 aromatic heterocycles. The smallest absolute Gasteiger partial charge is 0.548 e. The van der Waals surface area contributed by atoms with Crippen molar-refractivity contribution in [3.8, 4) is 0 Å².